The summed E-state index contributed by atoms with van der Waals surface area (Å²) < 4.78 is 6.09. The van der Waals surface area contributed by atoms with Gasteiger partial charge < -0.3 is 9.57 Å². The number of benzene rings is 3. The van der Waals surface area contributed by atoms with Gasteiger partial charge in [-0.2, -0.15) is 0 Å². The number of non-ortho nitro benzene ring substituents is 1. The molecule has 6 rings (SSSR count). The van der Waals surface area contributed by atoms with Crippen molar-refractivity contribution in [3.8, 4) is 5.75 Å². The summed E-state index contributed by atoms with van der Waals surface area (Å²) >= 11 is 0. The minimum atomic E-state index is -0.430. The molecule has 2 saturated carbocycles. The highest BCUT2D eigenvalue weighted by molar-refractivity contribution is 6.43. The van der Waals surface area contributed by atoms with Crippen LogP contribution in [0.25, 0.3) is 0 Å². The zero-order valence-electron chi connectivity index (χ0n) is 22.0. The summed E-state index contributed by atoms with van der Waals surface area (Å²) in [6.45, 7) is 2.85. The molecule has 0 radical (unpaired) electrons. The maximum absolute atomic E-state index is 13.5. The van der Waals surface area contributed by atoms with Crippen LogP contribution in [0.15, 0.2) is 78.0 Å². The number of aryl methyl sites for hydroxylation is 1. The summed E-state index contributed by atoms with van der Waals surface area (Å²) in [7, 11) is 0. The maximum atomic E-state index is 13.5. The van der Waals surface area contributed by atoms with Gasteiger partial charge in [0.05, 0.1) is 4.92 Å². The topological polar surface area (TPSA) is 91.0 Å². The molecule has 0 unspecified atom stereocenters. The third-order valence-electron chi connectivity index (χ3n) is 9.08. The molecule has 0 amide bonds. The molecule has 0 aromatic heterocycles. The Balaban J connectivity index is 1.13. The average molecular weight is 525 g/mol. The first kappa shape index (κ1) is 25.3. The number of ether oxygens (including phenoxy) is 1. The van der Waals surface area contributed by atoms with E-state index in [0.717, 1.165) is 42.6 Å². The number of carbonyl (C=O) groups excluding carboxylic acids is 1. The minimum Gasteiger partial charge on any atom is -0.489 e. The van der Waals surface area contributed by atoms with Crippen molar-refractivity contribution in [1.29, 1.82) is 0 Å². The second-order valence-electron chi connectivity index (χ2n) is 11.3. The van der Waals surface area contributed by atoms with E-state index in [0.29, 0.717) is 30.6 Å². The fourth-order valence-electron chi connectivity index (χ4n) is 6.98. The van der Waals surface area contributed by atoms with Crippen LogP contribution in [0.2, 0.25) is 0 Å². The predicted octanol–water partition coefficient (Wildman–Crippen LogP) is 6.78. The van der Waals surface area contributed by atoms with Crippen LogP contribution in [0, 0.1) is 27.4 Å². The second-order valence-corrected chi connectivity index (χ2v) is 11.3. The normalized spacial score (nSPS) is 26.4. The summed E-state index contributed by atoms with van der Waals surface area (Å²) in [5, 5.41) is 15.1. The number of nitrogens with zero attached hydrogens (tertiary/aromatic N) is 2. The molecule has 4 atom stereocenters. The first-order chi connectivity index (χ1) is 18.9. The van der Waals surface area contributed by atoms with Crippen LogP contribution in [0.3, 0.4) is 0 Å². The second kappa shape index (κ2) is 10.3. The molecular weight excluding hydrogens is 492 g/mol. The first-order valence-electron chi connectivity index (χ1n) is 13.7. The summed E-state index contributed by atoms with van der Waals surface area (Å²) in [4.78, 5) is 29.5. The van der Waals surface area contributed by atoms with E-state index in [4.69, 9.17) is 9.57 Å². The predicted molar refractivity (Wildman–Crippen MR) is 148 cm³/mol. The standard InChI is InChI=1S/C32H32N2O5/c1-32-16-15-27-26-14-12-25(38-19-21-5-3-2-4-6-21)17-23(26)9-13-28(27)29(32)18-30(31(32)35)33-39-20-22-7-10-24(11-8-22)34(36)37/h2-8,10-12,14,17,27-29H,9,13,15-16,18-20H2,1H3/b33-30+/t27-,28-,29+,32+/m1/s1. The van der Waals surface area contributed by atoms with Gasteiger partial charge in [-0.3, -0.25) is 14.9 Å². The van der Waals surface area contributed by atoms with Crippen molar-refractivity contribution in [2.45, 2.75) is 58.2 Å². The molecule has 7 heteroatoms. The zero-order valence-corrected chi connectivity index (χ0v) is 22.0. The third kappa shape index (κ3) is 4.82. The van der Waals surface area contributed by atoms with Gasteiger partial charge in [0.25, 0.3) is 5.69 Å². The van der Waals surface area contributed by atoms with Crippen LogP contribution < -0.4 is 4.74 Å². The van der Waals surface area contributed by atoms with Gasteiger partial charge >= 0.3 is 0 Å². The molecule has 3 aromatic carbocycles. The Morgan fingerprint density at radius 1 is 1.00 bits per heavy atom. The van der Waals surface area contributed by atoms with Gasteiger partial charge in [0, 0.05) is 24.0 Å². The first-order valence-corrected chi connectivity index (χ1v) is 13.7. The number of oxime groups is 1. The van der Waals surface area contributed by atoms with E-state index in [1.165, 1.54) is 23.3 Å². The SMILES string of the molecule is C[C@]12CC[C@@H]3c4ccc(OCc5ccccc5)cc4CC[C@H]3[C@@H]1C/C(=N\OCc1ccc([N+](=O)[O-])cc1)C2=O. The molecule has 3 aliphatic carbocycles. The van der Waals surface area contributed by atoms with E-state index in [2.05, 4.69) is 42.4 Å². The summed E-state index contributed by atoms with van der Waals surface area (Å²) in [5.41, 5.74) is 4.88. The monoisotopic (exact) mass is 524 g/mol. The third-order valence-corrected chi connectivity index (χ3v) is 9.08. The van der Waals surface area contributed by atoms with E-state index < -0.39 is 10.3 Å². The molecule has 0 N–H and O–H groups in total. The molecule has 39 heavy (non-hydrogen) atoms. The molecule has 2 fully saturated rings. The van der Waals surface area contributed by atoms with E-state index >= 15 is 0 Å². The van der Waals surface area contributed by atoms with Gasteiger partial charge in [0.1, 0.15) is 24.7 Å². The Morgan fingerprint density at radius 3 is 2.54 bits per heavy atom. The molecule has 0 saturated heterocycles. The van der Waals surface area contributed by atoms with Gasteiger partial charge in [0.15, 0.2) is 5.78 Å². The van der Waals surface area contributed by atoms with Crippen molar-refractivity contribution in [2.24, 2.45) is 22.4 Å². The van der Waals surface area contributed by atoms with Crippen molar-refractivity contribution < 1.29 is 19.3 Å². The van der Waals surface area contributed by atoms with Crippen LogP contribution in [-0.4, -0.2) is 16.4 Å². The summed E-state index contributed by atoms with van der Waals surface area (Å²) in [5.74, 6) is 2.17. The van der Waals surface area contributed by atoms with Crippen molar-refractivity contribution in [2.75, 3.05) is 0 Å². The van der Waals surface area contributed by atoms with Crippen LogP contribution in [-0.2, 0) is 29.3 Å². The number of hydrogen-bond donors (Lipinski definition) is 0. The Hall–Kier alpha value is -4.00. The average Bonchev–Trinajstić information content (AvgIpc) is 3.22. The lowest BCUT2D eigenvalue weighted by molar-refractivity contribution is -0.384. The van der Waals surface area contributed by atoms with Crippen molar-refractivity contribution in [3.05, 3.63) is 105 Å². The zero-order chi connectivity index (χ0) is 27.0. The lowest BCUT2D eigenvalue weighted by atomic mass is 9.55. The molecule has 3 aliphatic rings. The molecule has 3 aromatic rings. The summed E-state index contributed by atoms with van der Waals surface area (Å²) in [6, 6.07) is 22.9. The largest absolute Gasteiger partial charge is 0.489 e. The van der Waals surface area contributed by atoms with Gasteiger partial charge in [-0.05, 0) is 90.0 Å². The maximum Gasteiger partial charge on any atom is 0.269 e. The molecule has 0 spiro atoms. The molecular formula is C32H32N2O5. The van der Waals surface area contributed by atoms with E-state index in [9.17, 15) is 14.9 Å². The highest BCUT2D eigenvalue weighted by atomic mass is 16.6. The molecule has 0 heterocycles. The highest BCUT2D eigenvalue weighted by Gasteiger charge is 2.57. The van der Waals surface area contributed by atoms with Gasteiger partial charge in [-0.1, -0.05) is 48.5 Å². The van der Waals surface area contributed by atoms with Crippen LogP contribution in [0.4, 0.5) is 5.69 Å². The molecule has 7 nitrogen and oxygen atoms in total. The highest BCUT2D eigenvalue weighted by Crippen LogP contribution is 2.59. The number of rotatable bonds is 7. The molecule has 200 valence electrons. The fraction of sp³-hybridized carbons (Fsp3) is 0.375. The lowest BCUT2D eigenvalue weighted by Gasteiger charge is -2.47. The number of carbonyl (C=O) groups is 1. The Morgan fingerprint density at radius 2 is 1.77 bits per heavy atom. The Labute approximate surface area is 228 Å². The van der Waals surface area contributed by atoms with Crippen molar-refractivity contribution >= 4 is 17.2 Å². The Kier molecular flexibility index (Phi) is 6.67. The number of nitro benzene ring substituents is 1. The smallest absolute Gasteiger partial charge is 0.269 e. The number of Topliss-reactive ketones (excluding diaryl/α,β-unsaturated/α-hetero) is 1. The van der Waals surface area contributed by atoms with Gasteiger partial charge in [0.2, 0.25) is 0 Å². The molecule has 0 bridgehead atoms. The molecule has 0 aliphatic heterocycles. The van der Waals surface area contributed by atoms with Gasteiger partial charge in [-0.25, -0.2) is 0 Å². The quantitative estimate of drug-likeness (QED) is 0.251. The number of nitro groups is 1. The van der Waals surface area contributed by atoms with Crippen LogP contribution in [0.1, 0.15) is 60.8 Å². The summed E-state index contributed by atoms with van der Waals surface area (Å²) in [6.07, 6.45) is 4.54. The fourth-order valence-corrected chi connectivity index (χ4v) is 6.98. The number of ketones is 1. The Bertz CT molecular complexity index is 1420. The van der Waals surface area contributed by atoms with Crippen molar-refractivity contribution in [1.82, 2.24) is 0 Å². The number of hydrogen-bond acceptors (Lipinski definition) is 6. The van der Waals surface area contributed by atoms with E-state index in [1.54, 1.807) is 12.1 Å². The van der Waals surface area contributed by atoms with Gasteiger partial charge in [-0.15, -0.1) is 0 Å². The van der Waals surface area contributed by atoms with Crippen LogP contribution >= 0.6 is 0 Å². The number of fused-ring (bicyclic) bond motifs is 5. The lowest BCUT2D eigenvalue weighted by Crippen LogP contribution is -2.42. The van der Waals surface area contributed by atoms with Crippen LogP contribution in [0.5, 0.6) is 5.75 Å². The van der Waals surface area contributed by atoms with E-state index in [-0.39, 0.29) is 24.0 Å². The van der Waals surface area contributed by atoms with E-state index in [1.807, 2.05) is 18.2 Å². The minimum absolute atomic E-state index is 0.0348. The van der Waals surface area contributed by atoms with Crippen molar-refractivity contribution in [3.63, 3.8) is 0 Å².